The number of hydrogen-bond acceptors (Lipinski definition) is 3. The quantitative estimate of drug-likeness (QED) is 0.736. The zero-order chi connectivity index (χ0) is 20.4. The van der Waals surface area contributed by atoms with E-state index < -0.39 is 10.0 Å². The molecule has 0 spiro atoms. The Hall–Kier alpha value is -1.44. The third-order valence-corrected chi connectivity index (χ3v) is 8.31. The average Bonchev–Trinajstić information content (AvgIpc) is 3.19. The van der Waals surface area contributed by atoms with E-state index in [1.807, 2.05) is 6.92 Å². The van der Waals surface area contributed by atoms with Gasteiger partial charge in [0.25, 0.3) is 5.91 Å². The van der Waals surface area contributed by atoms with Gasteiger partial charge in [-0.3, -0.25) is 4.79 Å². The monoisotopic (exact) mass is 408 g/mol. The van der Waals surface area contributed by atoms with Crippen LogP contribution in [0.5, 0.6) is 0 Å². The molecule has 0 unspecified atom stereocenters. The maximum Gasteiger partial charge on any atom is 0.279 e. The molecular formula is C21H34N3O3S+. The summed E-state index contributed by atoms with van der Waals surface area (Å²) in [6.45, 7) is 3.35. The maximum atomic E-state index is 13.1. The van der Waals surface area contributed by atoms with Crippen molar-refractivity contribution in [3.05, 3.63) is 23.8 Å². The summed E-state index contributed by atoms with van der Waals surface area (Å²) in [5.74, 6) is -0.0675. The summed E-state index contributed by atoms with van der Waals surface area (Å²) in [5.41, 5.74) is 1.27. The normalized spacial score (nSPS) is 19.7. The molecular weight excluding hydrogens is 374 g/mol. The maximum absolute atomic E-state index is 13.1. The van der Waals surface area contributed by atoms with Gasteiger partial charge in [-0.2, -0.15) is 4.31 Å². The molecule has 2 aliphatic rings. The van der Waals surface area contributed by atoms with Gasteiger partial charge in [-0.15, -0.1) is 0 Å². The second-order valence-electron chi connectivity index (χ2n) is 8.87. The van der Waals surface area contributed by atoms with Crippen LogP contribution in [-0.4, -0.2) is 62.9 Å². The highest BCUT2D eigenvalue weighted by Gasteiger charge is 2.33. The van der Waals surface area contributed by atoms with Gasteiger partial charge >= 0.3 is 0 Å². The molecule has 0 atom stereocenters. The van der Waals surface area contributed by atoms with Crippen LogP contribution in [-0.2, 0) is 14.8 Å². The minimum Gasteiger partial charge on any atom is -0.321 e. The molecule has 6 nitrogen and oxygen atoms in total. The first-order valence-electron chi connectivity index (χ1n) is 10.4. The lowest BCUT2D eigenvalue weighted by Crippen LogP contribution is -2.51. The van der Waals surface area contributed by atoms with Crippen molar-refractivity contribution in [2.75, 3.05) is 39.0 Å². The number of quaternary nitrogens is 1. The number of hydrogen-bond donors (Lipinski definition) is 1. The molecule has 1 aromatic rings. The fourth-order valence-corrected chi connectivity index (χ4v) is 6.27. The number of carbonyl (C=O) groups is 1. The van der Waals surface area contributed by atoms with Crippen LogP contribution in [0.4, 0.5) is 5.69 Å². The predicted octanol–water partition coefficient (Wildman–Crippen LogP) is 3.13. The Balaban J connectivity index is 1.73. The number of amides is 1. The van der Waals surface area contributed by atoms with Crippen LogP contribution in [0.15, 0.2) is 23.1 Å². The molecule has 1 amide bonds. The number of carbonyl (C=O) groups excluding carboxylic acids is 1. The Bertz CT molecular complexity index is 808. The molecule has 3 rings (SSSR count). The lowest BCUT2D eigenvalue weighted by molar-refractivity contribution is -0.906. The molecule has 1 N–H and O–H groups in total. The van der Waals surface area contributed by atoms with Crippen LogP contribution < -0.4 is 5.32 Å². The number of rotatable bonds is 6. The minimum absolute atomic E-state index is 0.0675. The number of likely N-dealkylation sites (N-methyl/N-ethyl adjacent to an activating group) is 1. The van der Waals surface area contributed by atoms with Crippen molar-refractivity contribution in [2.45, 2.75) is 62.8 Å². The summed E-state index contributed by atoms with van der Waals surface area (Å²) in [6, 6.07) is 5.72. The summed E-state index contributed by atoms with van der Waals surface area (Å²) in [5, 5.41) is 2.93. The molecule has 1 heterocycles. The third-order valence-electron chi connectivity index (χ3n) is 6.27. The highest BCUT2D eigenvalue weighted by Crippen LogP contribution is 2.28. The molecule has 0 bridgehead atoms. The second-order valence-corrected chi connectivity index (χ2v) is 10.8. The lowest BCUT2D eigenvalue weighted by Gasteiger charge is -2.35. The van der Waals surface area contributed by atoms with Gasteiger partial charge < -0.3 is 9.80 Å². The van der Waals surface area contributed by atoms with E-state index in [0.29, 0.717) is 46.3 Å². The van der Waals surface area contributed by atoms with Gasteiger partial charge in [-0.25, -0.2) is 8.42 Å². The molecule has 0 aromatic heterocycles. The van der Waals surface area contributed by atoms with Gasteiger partial charge in [0.05, 0.1) is 25.0 Å². The van der Waals surface area contributed by atoms with E-state index >= 15 is 0 Å². The van der Waals surface area contributed by atoms with E-state index in [4.69, 9.17) is 0 Å². The summed E-state index contributed by atoms with van der Waals surface area (Å²) >= 11 is 0. The number of benzene rings is 1. The number of nitrogens with zero attached hydrogens (tertiary/aromatic N) is 2. The Morgan fingerprint density at radius 3 is 2.39 bits per heavy atom. The summed E-state index contributed by atoms with van der Waals surface area (Å²) < 4.78 is 28.4. The molecule has 2 fully saturated rings. The van der Waals surface area contributed by atoms with Gasteiger partial charge in [0, 0.05) is 18.8 Å². The van der Waals surface area contributed by atoms with Crippen LogP contribution in [0.25, 0.3) is 0 Å². The Morgan fingerprint density at radius 1 is 1.11 bits per heavy atom. The van der Waals surface area contributed by atoms with Crippen molar-refractivity contribution in [1.82, 2.24) is 4.31 Å². The Kier molecular flexibility index (Phi) is 6.47. The van der Waals surface area contributed by atoms with Crippen molar-refractivity contribution in [2.24, 2.45) is 0 Å². The first kappa shape index (κ1) is 21.3. The number of aryl methyl sites for hydroxylation is 1. The third kappa shape index (κ3) is 4.75. The van der Waals surface area contributed by atoms with E-state index in [-0.39, 0.29) is 5.91 Å². The molecule has 1 aliphatic heterocycles. The SMILES string of the molecule is Cc1ccc(NC(=O)C[N+](C)(C)C2CCCC2)cc1S(=O)(=O)N1CCCCC1. The topological polar surface area (TPSA) is 66.5 Å². The van der Waals surface area contributed by atoms with Gasteiger partial charge in [-0.1, -0.05) is 12.5 Å². The average molecular weight is 409 g/mol. The van der Waals surface area contributed by atoms with E-state index in [9.17, 15) is 13.2 Å². The smallest absolute Gasteiger partial charge is 0.279 e. The van der Waals surface area contributed by atoms with Crippen molar-refractivity contribution >= 4 is 21.6 Å². The largest absolute Gasteiger partial charge is 0.321 e. The molecule has 1 aromatic carbocycles. The van der Waals surface area contributed by atoms with Crippen LogP contribution in [0.2, 0.25) is 0 Å². The van der Waals surface area contributed by atoms with E-state index in [2.05, 4.69) is 19.4 Å². The van der Waals surface area contributed by atoms with Crippen molar-refractivity contribution in [1.29, 1.82) is 0 Å². The molecule has 1 aliphatic carbocycles. The minimum atomic E-state index is -3.52. The van der Waals surface area contributed by atoms with Crippen LogP contribution in [0.3, 0.4) is 0 Å². The number of nitrogens with one attached hydrogen (secondary N) is 1. The number of piperidine rings is 1. The van der Waals surface area contributed by atoms with Gasteiger partial charge in [-0.05, 0) is 63.1 Å². The number of anilines is 1. The van der Waals surface area contributed by atoms with E-state index in [1.165, 1.54) is 25.7 Å². The Morgan fingerprint density at radius 2 is 1.75 bits per heavy atom. The van der Waals surface area contributed by atoms with Crippen molar-refractivity contribution < 1.29 is 17.7 Å². The van der Waals surface area contributed by atoms with E-state index in [1.54, 1.807) is 22.5 Å². The molecule has 7 heteroatoms. The zero-order valence-electron chi connectivity index (χ0n) is 17.4. The Labute approximate surface area is 169 Å². The first-order valence-corrected chi connectivity index (χ1v) is 11.9. The molecule has 156 valence electrons. The molecule has 0 radical (unpaired) electrons. The zero-order valence-corrected chi connectivity index (χ0v) is 18.2. The lowest BCUT2D eigenvalue weighted by atomic mass is 10.2. The predicted molar refractivity (Wildman–Crippen MR) is 112 cm³/mol. The van der Waals surface area contributed by atoms with Crippen LogP contribution in [0, 0.1) is 6.92 Å². The summed E-state index contributed by atoms with van der Waals surface area (Å²) in [4.78, 5) is 12.9. The van der Waals surface area contributed by atoms with Crippen molar-refractivity contribution in [3.8, 4) is 0 Å². The highest BCUT2D eigenvalue weighted by molar-refractivity contribution is 7.89. The second kappa shape index (κ2) is 8.51. The first-order chi connectivity index (χ1) is 13.2. The fraction of sp³-hybridized carbons (Fsp3) is 0.667. The standard InChI is InChI=1S/C21H33N3O3S/c1-17-11-12-18(15-20(17)28(26,27)23-13-7-4-8-14-23)22-21(25)16-24(2,3)19-9-5-6-10-19/h11-12,15,19H,4-10,13-14,16H2,1-3H3/p+1. The van der Waals surface area contributed by atoms with Crippen LogP contribution in [0.1, 0.15) is 50.5 Å². The van der Waals surface area contributed by atoms with Crippen LogP contribution >= 0.6 is 0 Å². The highest BCUT2D eigenvalue weighted by atomic mass is 32.2. The molecule has 1 saturated heterocycles. The number of sulfonamides is 1. The van der Waals surface area contributed by atoms with Gasteiger partial charge in [0.2, 0.25) is 10.0 Å². The fourth-order valence-electron chi connectivity index (χ4n) is 4.50. The van der Waals surface area contributed by atoms with Crippen molar-refractivity contribution in [3.63, 3.8) is 0 Å². The van der Waals surface area contributed by atoms with E-state index in [0.717, 1.165) is 19.3 Å². The molecule has 28 heavy (non-hydrogen) atoms. The summed E-state index contributed by atoms with van der Waals surface area (Å²) in [7, 11) is 0.695. The summed E-state index contributed by atoms with van der Waals surface area (Å²) in [6.07, 6.45) is 7.71. The van der Waals surface area contributed by atoms with Gasteiger partial charge in [0.1, 0.15) is 0 Å². The molecule has 1 saturated carbocycles. The van der Waals surface area contributed by atoms with Gasteiger partial charge in [0.15, 0.2) is 6.54 Å².